The Hall–Kier alpha value is -2.95. The molecule has 0 N–H and O–H groups in total. The Balaban J connectivity index is 2.11. The summed E-state index contributed by atoms with van der Waals surface area (Å²) in [6, 6.07) is 20.1. The first-order valence-electron chi connectivity index (χ1n) is 8.31. The van der Waals surface area contributed by atoms with Crippen LogP contribution in [0.25, 0.3) is 0 Å². The molecule has 3 aromatic carbocycles. The van der Waals surface area contributed by atoms with Crippen LogP contribution in [0.5, 0.6) is 0 Å². The summed E-state index contributed by atoms with van der Waals surface area (Å²) in [5.41, 5.74) is -3.30. The van der Waals surface area contributed by atoms with Crippen LogP contribution < -0.4 is 0 Å². The van der Waals surface area contributed by atoms with E-state index < -0.39 is 23.2 Å². The third-order valence-electron chi connectivity index (χ3n) is 4.33. The van der Waals surface area contributed by atoms with Crippen molar-refractivity contribution in [2.45, 2.75) is 18.3 Å². The second-order valence-electron chi connectivity index (χ2n) is 6.24. The van der Waals surface area contributed by atoms with E-state index in [4.69, 9.17) is 0 Å². The number of carbonyl (C=O) groups excluding carboxylic acids is 1. The summed E-state index contributed by atoms with van der Waals surface area (Å²) >= 11 is 0. The number of carbonyl (C=O) groups is 1. The lowest BCUT2D eigenvalue weighted by Gasteiger charge is -2.26. The molecule has 138 valence electrons. The molecule has 0 amide bonds. The zero-order valence-corrected chi connectivity index (χ0v) is 14.2. The van der Waals surface area contributed by atoms with Gasteiger partial charge >= 0.3 is 6.18 Å². The average molecular weight is 372 g/mol. The summed E-state index contributed by atoms with van der Waals surface area (Å²) in [6.45, 7) is 0. The molecule has 1 nitrogen and oxygen atoms in total. The quantitative estimate of drug-likeness (QED) is 0.397. The van der Waals surface area contributed by atoms with Crippen LogP contribution in [0.15, 0.2) is 84.9 Å². The number of hydrogen-bond acceptors (Lipinski definition) is 1. The van der Waals surface area contributed by atoms with Gasteiger partial charge in [0.1, 0.15) is 0 Å². The molecule has 1 atom stereocenters. The minimum Gasteiger partial charge on any atom is -0.290 e. The van der Waals surface area contributed by atoms with E-state index in [-0.39, 0.29) is 17.5 Å². The molecular weight excluding hydrogens is 356 g/mol. The first-order chi connectivity index (χ1) is 12.8. The fraction of sp³-hybridized carbons (Fsp3) is 0.136. The van der Waals surface area contributed by atoms with Crippen molar-refractivity contribution in [3.63, 3.8) is 0 Å². The van der Waals surface area contributed by atoms with Crippen LogP contribution >= 0.6 is 0 Å². The fourth-order valence-electron chi connectivity index (χ4n) is 2.95. The molecule has 5 heteroatoms. The van der Waals surface area contributed by atoms with E-state index in [9.17, 15) is 18.0 Å². The van der Waals surface area contributed by atoms with Gasteiger partial charge in [0.05, 0.1) is 5.56 Å². The molecule has 0 bridgehead atoms. The Labute approximate surface area is 154 Å². The molecule has 0 aliphatic rings. The highest BCUT2D eigenvalue weighted by atomic mass is 19.4. The minimum absolute atomic E-state index is 0.105. The van der Waals surface area contributed by atoms with E-state index in [0.717, 1.165) is 12.1 Å². The Morgan fingerprint density at radius 2 is 1.26 bits per heavy atom. The van der Waals surface area contributed by atoms with Crippen molar-refractivity contribution in [1.29, 1.82) is 0 Å². The first kappa shape index (κ1) is 18.8. The number of hydrogen-bond donors (Lipinski definition) is 0. The predicted octanol–water partition coefficient (Wildman–Crippen LogP) is 6.00. The van der Waals surface area contributed by atoms with Crippen LogP contribution in [0.4, 0.5) is 17.6 Å². The van der Waals surface area contributed by atoms with Crippen LogP contribution in [0, 0.1) is 0 Å². The lowest BCUT2D eigenvalue weighted by Crippen LogP contribution is -2.34. The highest BCUT2D eigenvalue weighted by molar-refractivity contribution is 6.03. The van der Waals surface area contributed by atoms with E-state index in [0.29, 0.717) is 11.6 Å². The standard InChI is InChI=1S/C22H16F4O/c23-21(15-16-8-3-1-4-9-16,20(27)17-10-5-2-6-11-17)18-12-7-13-19(14-18)22(24,25)26/h1-14H,15H2/t21-/m0/s1. The van der Waals surface area contributed by atoms with Crippen molar-refractivity contribution >= 4 is 5.78 Å². The molecule has 0 fully saturated rings. The Morgan fingerprint density at radius 1 is 0.704 bits per heavy atom. The van der Waals surface area contributed by atoms with Gasteiger partial charge in [0.25, 0.3) is 0 Å². The second kappa shape index (κ2) is 7.35. The van der Waals surface area contributed by atoms with Crippen LogP contribution in [-0.4, -0.2) is 5.78 Å². The monoisotopic (exact) mass is 372 g/mol. The van der Waals surface area contributed by atoms with Crippen LogP contribution in [0.1, 0.15) is 27.0 Å². The van der Waals surface area contributed by atoms with Gasteiger partial charge < -0.3 is 0 Å². The van der Waals surface area contributed by atoms with Gasteiger partial charge in [0, 0.05) is 12.0 Å². The molecule has 3 aromatic rings. The smallest absolute Gasteiger partial charge is 0.290 e. The Bertz CT molecular complexity index is 920. The molecule has 27 heavy (non-hydrogen) atoms. The molecule has 0 aliphatic carbocycles. The maximum atomic E-state index is 16.1. The zero-order valence-electron chi connectivity index (χ0n) is 14.2. The van der Waals surface area contributed by atoms with Gasteiger partial charge in [-0.05, 0) is 23.3 Å². The number of alkyl halides is 4. The van der Waals surface area contributed by atoms with Crippen LogP contribution in [-0.2, 0) is 18.3 Å². The van der Waals surface area contributed by atoms with Crippen molar-refractivity contribution in [1.82, 2.24) is 0 Å². The predicted molar refractivity (Wildman–Crippen MR) is 95.1 cm³/mol. The largest absolute Gasteiger partial charge is 0.416 e. The lowest BCUT2D eigenvalue weighted by atomic mass is 9.82. The Morgan fingerprint density at radius 3 is 1.85 bits per heavy atom. The van der Waals surface area contributed by atoms with Crippen molar-refractivity contribution in [3.8, 4) is 0 Å². The van der Waals surface area contributed by atoms with Crippen LogP contribution in [0.2, 0.25) is 0 Å². The molecule has 0 saturated heterocycles. The van der Waals surface area contributed by atoms with E-state index in [1.807, 2.05) is 0 Å². The third-order valence-corrected chi connectivity index (χ3v) is 4.33. The van der Waals surface area contributed by atoms with Crippen molar-refractivity contribution in [2.75, 3.05) is 0 Å². The van der Waals surface area contributed by atoms with E-state index in [1.54, 1.807) is 48.5 Å². The molecule has 0 unspecified atom stereocenters. The Kier molecular flexibility index (Phi) is 5.13. The normalized spacial score (nSPS) is 13.8. The fourth-order valence-corrected chi connectivity index (χ4v) is 2.95. The molecular formula is C22H16F4O. The summed E-state index contributed by atoms with van der Waals surface area (Å²) in [5, 5.41) is 0. The maximum absolute atomic E-state index is 16.1. The maximum Gasteiger partial charge on any atom is 0.416 e. The van der Waals surface area contributed by atoms with Crippen molar-refractivity contribution in [2.24, 2.45) is 0 Å². The molecule has 0 radical (unpaired) electrons. The number of benzene rings is 3. The van der Waals surface area contributed by atoms with E-state index in [2.05, 4.69) is 0 Å². The minimum atomic E-state index is -4.63. The van der Waals surface area contributed by atoms with Gasteiger partial charge in [-0.15, -0.1) is 0 Å². The van der Waals surface area contributed by atoms with Crippen molar-refractivity contribution in [3.05, 3.63) is 107 Å². The number of ketones is 1. The molecule has 0 spiro atoms. The average Bonchev–Trinajstić information content (AvgIpc) is 2.68. The van der Waals surface area contributed by atoms with Gasteiger partial charge in [-0.1, -0.05) is 72.8 Å². The first-order valence-corrected chi connectivity index (χ1v) is 8.31. The van der Waals surface area contributed by atoms with E-state index in [1.165, 1.54) is 18.2 Å². The highest BCUT2D eigenvalue weighted by Gasteiger charge is 2.42. The third kappa shape index (κ3) is 4.08. The zero-order chi connectivity index (χ0) is 19.5. The van der Waals surface area contributed by atoms with Gasteiger partial charge in [0.15, 0.2) is 0 Å². The summed E-state index contributed by atoms with van der Waals surface area (Å²) in [5.74, 6) is -0.869. The molecule has 0 aromatic heterocycles. The van der Waals surface area contributed by atoms with E-state index >= 15 is 4.39 Å². The summed E-state index contributed by atoms with van der Waals surface area (Å²) < 4.78 is 55.4. The summed E-state index contributed by atoms with van der Waals surface area (Å²) in [4.78, 5) is 13.0. The molecule has 0 heterocycles. The lowest BCUT2D eigenvalue weighted by molar-refractivity contribution is -0.137. The van der Waals surface area contributed by atoms with Gasteiger partial charge in [-0.2, -0.15) is 13.2 Å². The highest BCUT2D eigenvalue weighted by Crippen LogP contribution is 2.37. The topological polar surface area (TPSA) is 17.1 Å². The van der Waals surface area contributed by atoms with Gasteiger partial charge in [-0.3, -0.25) is 4.79 Å². The number of rotatable bonds is 5. The van der Waals surface area contributed by atoms with Gasteiger partial charge in [0.2, 0.25) is 11.5 Å². The summed E-state index contributed by atoms with van der Waals surface area (Å²) in [6.07, 6.45) is -4.98. The molecule has 0 saturated carbocycles. The van der Waals surface area contributed by atoms with Gasteiger partial charge in [-0.25, -0.2) is 4.39 Å². The molecule has 0 aliphatic heterocycles. The number of Topliss-reactive ketones (excluding diaryl/α,β-unsaturated/α-hetero) is 1. The van der Waals surface area contributed by atoms with Crippen molar-refractivity contribution < 1.29 is 22.4 Å². The summed E-state index contributed by atoms with van der Waals surface area (Å²) in [7, 11) is 0. The van der Waals surface area contributed by atoms with Crippen LogP contribution in [0.3, 0.4) is 0 Å². The second-order valence-corrected chi connectivity index (χ2v) is 6.24. The number of halogens is 4. The SMILES string of the molecule is O=C(c1ccccc1)[C@](F)(Cc1ccccc1)c1cccc(C(F)(F)F)c1. The molecule has 3 rings (SSSR count).